The molecule has 0 aliphatic carbocycles. The molecule has 0 amide bonds. The Morgan fingerprint density at radius 2 is 1.70 bits per heavy atom. The Morgan fingerprint density at radius 1 is 1.17 bits per heavy atom. The molecule has 1 N–H and O–H groups in total. The van der Waals surface area contributed by atoms with Crippen LogP contribution in [0.2, 0.25) is 0 Å². The van der Waals surface area contributed by atoms with Crippen LogP contribution in [0.5, 0.6) is 0 Å². The van der Waals surface area contributed by atoms with Gasteiger partial charge in [-0.25, -0.2) is 4.79 Å². The second kappa shape index (κ2) is 8.58. The van der Waals surface area contributed by atoms with Crippen LogP contribution in [0.4, 0.5) is 0 Å². The van der Waals surface area contributed by atoms with Crippen molar-refractivity contribution < 1.29 is 33.0 Å². The van der Waals surface area contributed by atoms with Gasteiger partial charge in [0.1, 0.15) is 0 Å². The number of ether oxygens (including phenoxy) is 2. The Bertz CT molecular complexity index is 424. The first-order valence-corrected chi connectivity index (χ1v) is 9.87. The van der Waals surface area contributed by atoms with Crippen molar-refractivity contribution in [3.05, 3.63) is 0 Å². The molecule has 1 fully saturated rings. The van der Waals surface area contributed by atoms with Crippen molar-refractivity contribution in [2.24, 2.45) is 0 Å². The molecule has 1 rings (SSSR count). The minimum absolute atomic E-state index is 0.187. The normalized spacial score (nSPS) is 24.0. The van der Waals surface area contributed by atoms with Gasteiger partial charge in [-0.3, -0.25) is 4.57 Å². The monoisotopic (exact) mass is 352 g/mol. The average molecular weight is 352 g/mol. The van der Waals surface area contributed by atoms with E-state index in [2.05, 4.69) is 0 Å². The van der Waals surface area contributed by atoms with Gasteiger partial charge in [-0.05, 0) is 26.7 Å². The van der Waals surface area contributed by atoms with E-state index < -0.39 is 25.0 Å². The maximum absolute atomic E-state index is 13.0. The lowest BCUT2D eigenvalue weighted by Gasteiger charge is -2.28. The SMILES string of the molecule is CCCCOP(=O)(CC1(C(=O)O)COC(C)(C)O1)OCCCC. The maximum Gasteiger partial charge on any atom is 0.339 e. The number of carbonyl (C=O) groups is 1. The lowest BCUT2D eigenvalue weighted by atomic mass is 10.1. The molecule has 0 aromatic heterocycles. The van der Waals surface area contributed by atoms with Crippen LogP contribution in [0, 0.1) is 0 Å². The molecule has 1 heterocycles. The number of carboxylic acids is 1. The van der Waals surface area contributed by atoms with E-state index in [0.717, 1.165) is 25.7 Å². The van der Waals surface area contributed by atoms with E-state index in [9.17, 15) is 14.5 Å². The van der Waals surface area contributed by atoms with Crippen LogP contribution in [-0.4, -0.2) is 48.4 Å². The van der Waals surface area contributed by atoms with Crippen molar-refractivity contribution in [1.29, 1.82) is 0 Å². The van der Waals surface area contributed by atoms with E-state index >= 15 is 0 Å². The largest absolute Gasteiger partial charge is 0.479 e. The minimum Gasteiger partial charge on any atom is -0.479 e. The van der Waals surface area contributed by atoms with Gasteiger partial charge >= 0.3 is 13.6 Å². The number of carboxylic acid groups (broad SMARTS) is 1. The van der Waals surface area contributed by atoms with Gasteiger partial charge in [0, 0.05) is 0 Å². The molecular weight excluding hydrogens is 323 g/mol. The predicted octanol–water partition coefficient (Wildman–Crippen LogP) is 3.42. The topological polar surface area (TPSA) is 91.3 Å². The fraction of sp³-hybridized carbons (Fsp3) is 0.933. The second-order valence-corrected chi connectivity index (χ2v) is 8.29. The minimum atomic E-state index is -3.59. The molecule has 136 valence electrons. The zero-order valence-electron chi connectivity index (χ0n) is 14.5. The molecule has 1 aliphatic heterocycles. The molecule has 0 bridgehead atoms. The highest BCUT2D eigenvalue weighted by atomic mass is 31.2. The summed E-state index contributed by atoms with van der Waals surface area (Å²) in [6.07, 6.45) is 2.86. The Labute approximate surface area is 138 Å². The quantitative estimate of drug-likeness (QED) is 0.450. The van der Waals surface area contributed by atoms with Crippen LogP contribution in [0.15, 0.2) is 0 Å². The summed E-state index contributed by atoms with van der Waals surface area (Å²) in [6, 6.07) is 0. The molecule has 1 unspecified atom stereocenters. The maximum atomic E-state index is 13.0. The summed E-state index contributed by atoms with van der Waals surface area (Å²) in [5.74, 6) is -2.27. The van der Waals surface area contributed by atoms with Crippen LogP contribution < -0.4 is 0 Å². The van der Waals surface area contributed by atoms with Gasteiger partial charge in [-0.15, -0.1) is 0 Å². The molecule has 1 aliphatic rings. The molecule has 1 saturated heterocycles. The highest BCUT2D eigenvalue weighted by Crippen LogP contribution is 2.53. The van der Waals surface area contributed by atoms with Gasteiger partial charge in [0.05, 0.1) is 26.0 Å². The zero-order chi connectivity index (χ0) is 17.6. The Hall–Kier alpha value is -0.460. The van der Waals surface area contributed by atoms with Crippen LogP contribution >= 0.6 is 7.60 Å². The molecule has 7 nitrogen and oxygen atoms in total. The Balaban J connectivity index is 2.87. The summed E-state index contributed by atoms with van der Waals surface area (Å²) in [5, 5.41) is 9.57. The molecule has 8 heteroatoms. The predicted molar refractivity (Wildman–Crippen MR) is 85.7 cm³/mol. The molecule has 23 heavy (non-hydrogen) atoms. The summed E-state index contributed by atoms with van der Waals surface area (Å²) >= 11 is 0. The molecule has 0 aromatic carbocycles. The van der Waals surface area contributed by atoms with Crippen LogP contribution in [-0.2, 0) is 27.9 Å². The summed E-state index contributed by atoms with van der Waals surface area (Å²) in [5.41, 5.74) is -1.71. The Morgan fingerprint density at radius 3 is 2.04 bits per heavy atom. The number of hydrogen-bond donors (Lipinski definition) is 1. The van der Waals surface area contributed by atoms with Crippen molar-refractivity contribution in [3.63, 3.8) is 0 Å². The number of unbranched alkanes of at least 4 members (excludes halogenated alkanes) is 2. The van der Waals surface area contributed by atoms with E-state index in [1.165, 1.54) is 0 Å². The second-order valence-electron chi connectivity index (χ2n) is 6.23. The number of aliphatic carboxylic acids is 1. The van der Waals surface area contributed by atoms with Gasteiger partial charge in [0.2, 0.25) is 5.60 Å². The standard InChI is InChI=1S/C15H29O7P/c1-5-7-9-20-23(18,21-10-8-6-2)12-15(13(16)17)11-19-14(3,4)22-15/h5-12H2,1-4H3,(H,16,17). The first-order chi connectivity index (χ1) is 10.7. The lowest BCUT2D eigenvalue weighted by Crippen LogP contribution is -2.46. The third-order valence-electron chi connectivity index (χ3n) is 3.50. The van der Waals surface area contributed by atoms with Gasteiger partial charge < -0.3 is 23.6 Å². The average Bonchev–Trinajstić information content (AvgIpc) is 2.76. The van der Waals surface area contributed by atoms with Gasteiger partial charge in [-0.1, -0.05) is 26.7 Å². The fourth-order valence-electron chi connectivity index (χ4n) is 2.21. The summed E-state index contributed by atoms with van der Waals surface area (Å²) in [4.78, 5) is 11.7. The Kier molecular flexibility index (Phi) is 7.68. The molecule has 1 atom stereocenters. The van der Waals surface area contributed by atoms with E-state index in [0.29, 0.717) is 0 Å². The highest BCUT2D eigenvalue weighted by molar-refractivity contribution is 7.54. The first-order valence-electron chi connectivity index (χ1n) is 8.14. The number of hydrogen-bond acceptors (Lipinski definition) is 6. The van der Waals surface area contributed by atoms with Gasteiger partial charge in [0.15, 0.2) is 5.79 Å². The summed E-state index contributed by atoms with van der Waals surface area (Å²) in [6.45, 7) is 7.56. The summed E-state index contributed by atoms with van der Waals surface area (Å²) in [7, 11) is -3.59. The van der Waals surface area contributed by atoms with E-state index in [4.69, 9.17) is 18.5 Å². The third-order valence-corrected chi connectivity index (χ3v) is 5.55. The molecule has 0 saturated carbocycles. The molecule has 0 aromatic rings. The molecule has 0 spiro atoms. The highest BCUT2D eigenvalue weighted by Gasteiger charge is 2.55. The number of rotatable bonds is 11. The van der Waals surface area contributed by atoms with Crippen molar-refractivity contribution >= 4 is 13.6 Å². The fourth-order valence-corrected chi connectivity index (χ4v) is 4.20. The van der Waals surface area contributed by atoms with Gasteiger partial charge in [-0.2, -0.15) is 0 Å². The smallest absolute Gasteiger partial charge is 0.339 e. The van der Waals surface area contributed by atoms with Crippen molar-refractivity contribution in [2.45, 2.75) is 64.8 Å². The lowest BCUT2D eigenvalue weighted by molar-refractivity contribution is -0.182. The van der Waals surface area contributed by atoms with E-state index in [1.54, 1.807) is 13.8 Å². The van der Waals surface area contributed by atoms with Crippen LogP contribution in [0.3, 0.4) is 0 Å². The first kappa shape index (κ1) is 20.6. The van der Waals surface area contributed by atoms with E-state index in [1.807, 2.05) is 13.8 Å². The summed E-state index contributed by atoms with van der Waals surface area (Å²) < 4.78 is 34.8. The van der Waals surface area contributed by atoms with Crippen LogP contribution in [0.25, 0.3) is 0 Å². The zero-order valence-corrected chi connectivity index (χ0v) is 15.4. The molecule has 0 radical (unpaired) electrons. The molecular formula is C15H29O7P. The van der Waals surface area contributed by atoms with Gasteiger partial charge in [0.25, 0.3) is 0 Å². The van der Waals surface area contributed by atoms with E-state index in [-0.39, 0.29) is 26.0 Å². The van der Waals surface area contributed by atoms with Crippen molar-refractivity contribution in [3.8, 4) is 0 Å². The van der Waals surface area contributed by atoms with Crippen molar-refractivity contribution in [2.75, 3.05) is 26.0 Å². The van der Waals surface area contributed by atoms with Crippen LogP contribution in [0.1, 0.15) is 53.4 Å². The van der Waals surface area contributed by atoms with Crippen molar-refractivity contribution in [1.82, 2.24) is 0 Å². The third kappa shape index (κ3) is 6.16.